The van der Waals surface area contributed by atoms with Gasteiger partial charge in [-0.2, -0.15) is 0 Å². The first kappa shape index (κ1) is 25.1. The summed E-state index contributed by atoms with van der Waals surface area (Å²) in [6.07, 6.45) is 1.77. The molecule has 0 radical (unpaired) electrons. The monoisotopic (exact) mass is 506 g/mol. The van der Waals surface area contributed by atoms with Crippen molar-refractivity contribution in [1.82, 2.24) is 4.57 Å². The number of nitrogens with zero attached hydrogens (tertiary/aromatic N) is 2. The van der Waals surface area contributed by atoms with Crippen LogP contribution < -0.4 is 19.6 Å². The van der Waals surface area contributed by atoms with E-state index in [1.165, 1.54) is 23.0 Å². The van der Waals surface area contributed by atoms with Gasteiger partial charge in [-0.3, -0.25) is 9.36 Å². The summed E-state index contributed by atoms with van der Waals surface area (Å²) in [6.45, 7) is 6.02. The summed E-state index contributed by atoms with van der Waals surface area (Å²) < 4.78 is 17.8. The molecule has 0 N–H and O–H groups in total. The molecule has 1 aliphatic heterocycles. The Balaban J connectivity index is 1.92. The lowest BCUT2D eigenvalue weighted by atomic mass is 9.95. The molecule has 0 spiro atoms. The lowest BCUT2D eigenvalue weighted by molar-refractivity contribution is -0.139. The number of carbonyl (C=O) groups is 2. The van der Waals surface area contributed by atoms with Crippen LogP contribution in [0.15, 0.2) is 69.6 Å². The van der Waals surface area contributed by atoms with Crippen LogP contribution in [0, 0.1) is 0 Å². The van der Waals surface area contributed by atoms with Crippen molar-refractivity contribution >= 4 is 29.4 Å². The summed E-state index contributed by atoms with van der Waals surface area (Å²) in [5.41, 5.74) is 2.22. The van der Waals surface area contributed by atoms with E-state index in [0.29, 0.717) is 38.5 Å². The number of hydrogen-bond acceptors (Lipinski definition) is 8. The molecule has 8 nitrogen and oxygen atoms in total. The number of methoxy groups -OCH3 is 1. The molecule has 2 heterocycles. The average molecular weight is 507 g/mol. The Morgan fingerprint density at radius 2 is 1.78 bits per heavy atom. The molecule has 0 saturated heterocycles. The molecule has 4 rings (SSSR count). The fourth-order valence-corrected chi connectivity index (χ4v) is 5.09. The van der Waals surface area contributed by atoms with Crippen LogP contribution in [0.3, 0.4) is 0 Å². The quantitative estimate of drug-likeness (QED) is 0.457. The van der Waals surface area contributed by atoms with Gasteiger partial charge in [-0.15, -0.1) is 0 Å². The highest BCUT2D eigenvalue weighted by molar-refractivity contribution is 7.07. The zero-order valence-electron chi connectivity index (χ0n) is 20.4. The van der Waals surface area contributed by atoms with Crippen molar-refractivity contribution in [3.05, 3.63) is 96.2 Å². The van der Waals surface area contributed by atoms with E-state index >= 15 is 0 Å². The fourth-order valence-electron chi connectivity index (χ4n) is 4.05. The normalized spacial score (nSPS) is 15.2. The average Bonchev–Trinajstić information content (AvgIpc) is 3.18. The van der Waals surface area contributed by atoms with Gasteiger partial charge in [0, 0.05) is 5.56 Å². The van der Waals surface area contributed by atoms with Crippen LogP contribution in [0.25, 0.3) is 6.08 Å². The topological polar surface area (TPSA) is 96.2 Å². The fraction of sp³-hybridized carbons (Fsp3) is 0.259. The number of hydrogen-bond donors (Lipinski definition) is 0. The second-order valence-electron chi connectivity index (χ2n) is 7.89. The van der Waals surface area contributed by atoms with E-state index < -0.39 is 18.0 Å². The smallest absolute Gasteiger partial charge is 0.338 e. The van der Waals surface area contributed by atoms with E-state index in [1.807, 2.05) is 31.2 Å². The molecule has 0 fully saturated rings. The summed E-state index contributed by atoms with van der Waals surface area (Å²) in [6, 6.07) is 13.3. The molecule has 3 aromatic rings. The molecule has 1 aliphatic rings. The number of benzene rings is 2. The Labute approximate surface area is 211 Å². The maximum atomic E-state index is 13.7. The summed E-state index contributed by atoms with van der Waals surface area (Å²) >= 11 is 1.24. The Kier molecular flexibility index (Phi) is 7.49. The lowest BCUT2D eigenvalue weighted by Crippen LogP contribution is -2.40. The molecule has 0 amide bonds. The highest BCUT2D eigenvalue weighted by Gasteiger charge is 2.33. The number of para-hydroxylation sites is 1. The van der Waals surface area contributed by atoms with Gasteiger partial charge in [0.2, 0.25) is 0 Å². The van der Waals surface area contributed by atoms with Crippen molar-refractivity contribution in [2.24, 2.45) is 4.99 Å². The molecular formula is C27H26N2O6S. The van der Waals surface area contributed by atoms with Crippen LogP contribution in [0.1, 0.15) is 48.3 Å². The Bertz CT molecular complexity index is 1510. The van der Waals surface area contributed by atoms with E-state index in [4.69, 9.17) is 14.2 Å². The number of rotatable bonds is 7. The van der Waals surface area contributed by atoms with Crippen LogP contribution in [-0.4, -0.2) is 36.8 Å². The maximum absolute atomic E-state index is 13.7. The Morgan fingerprint density at radius 1 is 1.06 bits per heavy atom. The van der Waals surface area contributed by atoms with Crippen LogP contribution in [-0.2, 0) is 14.3 Å². The molecule has 186 valence electrons. The van der Waals surface area contributed by atoms with E-state index in [2.05, 4.69) is 4.99 Å². The third-order valence-electron chi connectivity index (χ3n) is 5.67. The van der Waals surface area contributed by atoms with Gasteiger partial charge in [-0.25, -0.2) is 14.6 Å². The molecule has 0 saturated carbocycles. The van der Waals surface area contributed by atoms with Crippen molar-refractivity contribution in [2.45, 2.75) is 26.8 Å². The predicted molar refractivity (Wildman–Crippen MR) is 136 cm³/mol. The van der Waals surface area contributed by atoms with E-state index in [9.17, 15) is 14.4 Å². The number of thiazole rings is 1. The highest BCUT2D eigenvalue weighted by atomic mass is 32.1. The third kappa shape index (κ3) is 4.74. The molecule has 9 heteroatoms. The maximum Gasteiger partial charge on any atom is 0.338 e. The second-order valence-corrected chi connectivity index (χ2v) is 8.90. The van der Waals surface area contributed by atoms with Gasteiger partial charge in [-0.05, 0) is 50.6 Å². The highest BCUT2D eigenvalue weighted by Crippen LogP contribution is 2.31. The van der Waals surface area contributed by atoms with Crippen molar-refractivity contribution in [3.63, 3.8) is 0 Å². The van der Waals surface area contributed by atoms with Gasteiger partial charge in [0.25, 0.3) is 5.56 Å². The van der Waals surface area contributed by atoms with Gasteiger partial charge in [0.1, 0.15) is 5.75 Å². The van der Waals surface area contributed by atoms with Crippen molar-refractivity contribution in [3.8, 4) is 5.75 Å². The Morgan fingerprint density at radius 3 is 2.44 bits per heavy atom. The van der Waals surface area contributed by atoms with Gasteiger partial charge in [0.15, 0.2) is 4.80 Å². The molecule has 1 unspecified atom stereocenters. The number of ether oxygens (including phenoxy) is 3. The standard InChI is InChI=1S/C27H26N2O6S/c1-5-34-20-10-8-7-9-19(20)15-21-24(30)29-23(17-11-13-18(14-12-17)25(31)33-4)22(26(32)35-6-2)16(3)28-27(29)36-21/h7-15,23H,5-6H2,1-4H3. The lowest BCUT2D eigenvalue weighted by Gasteiger charge is -2.24. The largest absolute Gasteiger partial charge is 0.493 e. The minimum absolute atomic E-state index is 0.183. The number of aromatic nitrogens is 1. The van der Waals surface area contributed by atoms with Crippen LogP contribution in [0.5, 0.6) is 5.75 Å². The van der Waals surface area contributed by atoms with Crippen LogP contribution in [0.4, 0.5) is 0 Å². The molecule has 1 aromatic heterocycles. The minimum Gasteiger partial charge on any atom is -0.493 e. The zero-order valence-corrected chi connectivity index (χ0v) is 21.3. The Hall–Kier alpha value is -3.98. The van der Waals surface area contributed by atoms with Gasteiger partial charge in [-0.1, -0.05) is 41.7 Å². The summed E-state index contributed by atoms with van der Waals surface area (Å²) in [7, 11) is 1.31. The molecule has 0 aliphatic carbocycles. The van der Waals surface area contributed by atoms with Crippen LogP contribution >= 0.6 is 11.3 Å². The summed E-state index contributed by atoms with van der Waals surface area (Å²) in [5.74, 6) is -0.350. The first-order chi connectivity index (χ1) is 17.4. The van der Waals surface area contributed by atoms with Gasteiger partial charge >= 0.3 is 11.9 Å². The number of fused-ring (bicyclic) bond motifs is 1. The molecular weight excluding hydrogens is 480 g/mol. The van der Waals surface area contributed by atoms with Crippen molar-refractivity contribution in [1.29, 1.82) is 0 Å². The SMILES string of the molecule is CCOC(=O)C1=C(C)N=c2sc(=Cc3ccccc3OCC)c(=O)n2C1c1ccc(C(=O)OC)cc1. The van der Waals surface area contributed by atoms with E-state index in [-0.39, 0.29) is 17.7 Å². The van der Waals surface area contributed by atoms with Gasteiger partial charge < -0.3 is 14.2 Å². The zero-order chi connectivity index (χ0) is 25.8. The van der Waals surface area contributed by atoms with Crippen LogP contribution in [0.2, 0.25) is 0 Å². The predicted octanol–water partition coefficient (Wildman–Crippen LogP) is 2.98. The number of allylic oxidation sites excluding steroid dienone is 1. The van der Waals surface area contributed by atoms with Crippen molar-refractivity contribution in [2.75, 3.05) is 20.3 Å². The van der Waals surface area contributed by atoms with Gasteiger partial charge in [0.05, 0.1) is 47.7 Å². The molecule has 36 heavy (non-hydrogen) atoms. The van der Waals surface area contributed by atoms with E-state index in [1.54, 1.807) is 44.2 Å². The van der Waals surface area contributed by atoms with E-state index in [0.717, 1.165) is 5.56 Å². The molecule has 1 atom stereocenters. The summed E-state index contributed by atoms with van der Waals surface area (Å²) in [5, 5.41) is 0. The second kappa shape index (κ2) is 10.7. The number of esters is 2. The van der Waals surface area contributed by atoms with Crippen molar-refractivity contribution < 1.29 is 23.8 Å². The first-order valence-electron chi connectivity index (χ1n) is 11.5. The first-order valence-corrected chi connectivity index (χ1v) is 12.3. The summed E-state index contributed by atoms with van der Waals surface area (Å²) in [4.78, 5) is 43.7. The molecule has 2 aromatic carbocycles. The third-order valence-corrected chi connectivity index (χ3v) is 6.65. The molecule has 0 bridgehead atoms. The minimum atomic E-state index is -0.767. The number of carbonyl (C=O) groups excluding carboxylic acids is 2.